The summed E-state index contributed by atoms with van der Waals surface area (Å²) in [6.45, 7) is 3.83. The monoisotopic (exact) mass is 426 g/mol. The predicted octanol–water partition coefficient (Wildman–Crippen LogP) is 4.85. The molecule has 0 fully saturated rings. The molecule has 1 heterocycles. The highest BCUT2D eigenvalue weighted by Gasteiger charge is 2.13. The lowest BCUT2D eigenvalue weighted by atomic mass is 10.0. The summed E-state index contributed by atoms with van der Waals surface area (Å²) in [6.07, 6.45) is 1.82. The number of hydrogen-bond donors (Lipinski definition) is 1. The van der Waals surface area contributed by atoms with Gasteiger partial charge >= 0.3 is 0 Å². The number of hydrogen-bond acceptors (Lipinski definition) is 4. The number of fused-ring (bicyclic) bond motifs is 1. The number of carbonyl (C=O) groups excluding carboxylic acids is 1. The van der Waals surface area contributed by atoms with Gasteiger partial charge in [0.25, 0.3) is 5.69 Å². The first kappa shape index (κ1) is 21.0. The van der Waals surface area contributed by atoms with Crippen LogP contribution in [0.3, 0.4) is 0 Å². The lowest BCUT2D eigenvalue weighted by Crippen LogP contribution is -2.19. The SMILES string of the molecule is Cc1cc(/C=N\NC(=O)Cc2cccc3ccccc23)c(C)n1-c1cccc([N+](=O)[O-])c1. The van der Waals surface area contributed by atoms with Gasteiger partial charge in [-0.2, -0.15) is 5.10 Å². The highest BCUT2D eigenvalue weighted by molar-refractivity contribution is 5.90. The van der Waals surface area contributed by atoms with Crippen LogP contribution in [0.5, 0.6) is 0 Å². The standard InChI is InChI=1S/C25H22N4O3/c1-17-13-21(18(2)28(17)22-10-6-11-23(15-22)29(31)32)16-26-27-25(30)14-20-9-5-8-19-7-3-4-12-24(19)20/h3-13,15-16H,14H2,1-2H3,(H,27,30)/b26-16-. The molecule has 0 radical (unpaired) electrons. The Morgan fingerprint density at radius 2 is 1.81 bits per heavy atom. The molecule has 160 valence electrons. The van der Waals surface area contributed by atoms with E-state index in [1.807, 2.05) is 73.0 Å². The Morgan fingerprint density at radius 1 is 1.06 bits per heavy atom. The number of nitro benzene ring substituents is 1. The molecule has 0 aliphatic carbocycles. The molecule has 4 aromatic rings. The summed E-state index contributed by atoms with van der Waals surface area (Å²) in [4.78, 5) is 23.1. The first-order valence-corrected chi connectivity index (χ1v) is 10.2. The molecule has 0 saturated carbocycles. The fraction of sp³-hybridized carbons (Fsp3) is 0.120. The molecular weight excluding hydrogens is 404 g/mol. The van der Waals surface area contributed by atoms with E-state index in [4.69, 9.17) is 0 Å². The minimum atomic E-state index is -0.411. The summed E-state index contributed by atoms with van der Waals surface area (Å²) in [5, 5.41) is 17.4. The molecule has 4 rings (SSSR count). The van der Waals surface area contributed by atoms with E-state index in [1.54, 1.807) is 12.3 Å². The van der Waals surface area contributed by atoms with Crippen molar-refractivity contribution in [3.8, 4) is 5.69 Å². The van der Waals surface area contributed by atoms with E-state index in [2.05, 4.69) is 10.5 Å². The number of hydrazone groups is 1. The van der Waals surface area contributed by atoms with E-state index in [9.17, 15) is 14.9 Å². The van der Waals surface area contributed by atoms with E-state index in [1.165, 1.54) is 12.1 Å². The number of rotatable bonds is 6. The Bertz CT molecular complexity index is 1350. The quantitative estimate of drug-likeness (QED) is 0.272. The summed E-state index contributed by atoms with van der Waals surface area (Å²) in [7, 11) is 0. The van der Waals surface area contributed by atoms with Crippen LogP contribution < -0.4 is 5.43 Å². The fourth-order valence-corrected chi connectivity index (χ4v) is 3.89. The first-order valence-electron chi connectivity index (χ1n) is 10.2. The zero-order valence-corrected chi connectivity index (χ0v) is 17.8. The van der Waals surface area contributed by atoms with Crippen LogP contribution >= 0.6 is 0 Å². The van der Waals surface area contributed by atoms with Crippen LogP contribution in [0, 0.1) is 24.0 Å². The van der Waals surface area contributed by atoms with Gasteiger partial charge in [-0.15, -0.1) is 0 Å². The Kier molecular flexibility index (Phi) is 5.81. The molecule has 0 atom stereocenters. The third kappa shape index (κ3) is 4.27. The third-order valence-corrected chi connectivity index (χ3v) is 5.39. The van der Waals surface area contributed by atoms with Crippen molar-refractivity contribution in [2.75, 3.05) is 0 Å². The Balaban J connectivity index is 1.49. The van der Waals surface area contributed by atoms with Crippen LogP contribution in [0.4, 0.5) is 5.69 Å². The van der Waals surface area contributed by atoms with Gasteiger partial charge in [0.1, 0.15) is 0 Å². The summed E-state index contributed by atoms with van der Waals surface area (Å²) < 4.78 is 1.92. The number of nitrogens with zero attached hydrogens (tertiary/aromatic N) is 3. The van der Waals surface area contributed by atoms with Gasteiger partial charge in [0, 0.05) is 29.1 Å². The maximum atomic E-state index is 12.4. The minimum absolute atomic E-state index is 0.0333. The van der Waals surface area contributed by atoms with Crippen molar-refractivity contribution in [2.24, 2.45) is 5.10 Å². The zero-order valence-electron chi connectivity index (χ0n) is 17.8. The number of amides is 1. The molecule has 0 unspecified atom stereocenters. The molecule has 1 aromatic heterocycles. The average molecular weight is 426 g/mol. The third-order valence-electron chi connectivity index (χ3n) is 5.39. The number of benzene rings is 3. The maximum Gasteiger partial charge on any atom is 0.271 e. The van der Waals surface area contributed by atoms with Gasteiger partial charge in [-0.05, 0) is 42.3 Å². The number of aryl methyl sites for hydroxylation is 1. The van der Waals surface area contributed by atoms with Crippen LogP contribution in [0.25, 0.3) is 16.5 Å². The molecule has 0 aliphatic rings. The van der Waals surface area contributed by atoms with E-state index in [0.717, 1.165) is 33.3 Å². The molecule has 32 heavy (non-hydrogen) atoms. The Labute approximate surface area is 185 Å². The topological polar surface area (TPSA) is 89.5 Å². The van der Waals surface area contributed by atoms with Crippen molar-refractivity contribution in [3.63, 3.8) is 0 Å². The van der Waals surface area contributed by atoms with Gasteiger partial charge in [0.05, 0.1) is 23.2 Å². The number of carbonyl (C=O) groups is 1. The number of nitrogens with one attached hydrogen (secondary N) is 1. The van der Waals surface area contributed by atoms with Crippen molar-refractivity contribution in [3.05, 3.63) is 105 Å². The highest BCUT2D eigenvalue weighted by atomic mass is 16.6. The number of aromatic nitrogens is 1. The second-order valence-electron chi connectivity index (χ2n) is 7.55. The van der Waals surface area contributed by atoms with Crippen LogP contribution in [-0.2, 0) is 11.2 Å². The van der Waals surface area contributed by atoms with Crippen molar-refractivity contribution in [1.82, 2.24) is 9.99 Å². The van der Waals surface area contributed by atoms with Gasteiger partial charge in [-0.3, -0.25) is 14.9 Å². The largest absolute Gasteiger partial charge is 0.318 e. The summed E-state index contributed by atoms with van der Waals surface area (Å²) in [5.41, 5.74) is 6.87. The maximum absolute atomic E-state index is 12.4. The summed E-state index contributed by atoms with van der Waals surface area (Å²) in [6, 6.07) is 22.3. The van der Waals surface area contributed by atoms with Crippen LogP contribution in [0.15, 0.2) is 77.9 Å². The van der Waals surface area contributed by atoms with Crippen LogP contribution in [0.1, 0.15) is 22.5 Å². The molecule has 0 spiro atoms. The molecular formula is C25H22N4O3. The molecule has 1 N–H and O–H groups in total. The normalized spacial score (nSPS) is 11.2. The van der Waals surface area contributed by atoms with E-state index < -0.39 is 4.92 Å². The molecule has 0 bridgehead atoms. The second kappa shape index (κ2) is 8.85. The number of non-ortho nitro benzene ring substituents is 1. The molecule has 0 saturated heterocycles. The lowest BCUT2D eigenvalue weighted by molar-refractivity contribution is -0.384. The van der Waals surface area contributed by atoms with Crippen molar-refractivity contribution < 1.29 is 9.72 Å². The Morgan fingerprint density at radius 3 is 2.62 bits per heavy atom. The number of nitro groups is 1. The summed E-state index contributed by atoms with van der Waals surface area (Å²) >= 11 is 0. The van der Waals surface area contributed by atoms with Crippen molar-refractivity contribution in [2.45, 2.75) is 20.3 Å². The Hall–Kier alpha value is -4.26. The summed E-state index contributed by atoms with van der Waals surface area (Å²) in [5.74, 6) is -0.204. The smallest absolute Gasteiger partial charge is 0.271 e. The van der Waals surface area contributed by atoms with Crippen molar-refractivity contribution >= 4 is 28.6 Å². The second-order valence-corrected chi connectivity index (χ2v) is 7.55. The first-order chi connectivity index (χ1) is 15.4. The molecule has 0 aliphatic heterocycles. The van der Waals surface area contributed by atoms with Gasteiger partial charge < -0.3 is 4.57 Å². The highest BCUT2D eigenvalue weighted by Crippen LogP contribution is 2.23. The van der Waals surface area contributed by atoms with Gasteiger partial charge in [0.2, 0.25) is 5.91 Å². The van der Waals surface area contributed by atoms with E-state index >= 15 is 0 Å². The molecule has 7 nitrogen and oxygen atoms in total. The minimum Gasteiger partial charge on any atom is -0.318 e. The van der Waals surface area contributed by atoms with Gasteiger partial charge in [-0.25, -0.2) is 5.43 Å². The zero-order chi connectivity index (χ0) is 22.7. The molecule has 7 heteroatoms. The predicted molar refractivity (Wildman–Crippen MR) is 125 cm³/mol. The molecule has 1 amide bonds. The fourth-order valence-electron chi connectivity index (χ4n) is 3.89. The average Bonchev–Trinajstić information content (AvgIpc) is 3.07. The van der Waals surface area contributed by atoms with E-state index in [0.29, 0.717) is 5.69 Å². The lowest BCUT2D eigenvalue weighted by Gasteiger charge is -2.09. The van der Waals surface area contributed by atoms with Gasteiger partial charge in [0.15, 0.2) is 0 Å². The van der Waals surface area contributed by atoms with Crippen molar-refractivity contribution in [1.29, 1.82) is 0 Å². The van der Waals surface area contributed by atoms with Crippen LogP contribution in [-0.4, -0.2) is 21.6 Å². The van der Waals surface area contributed by atoms with E-state index in [-0.39, 0.29) is 18.0 Å². The molecule has 3 aromatic carbocycles. The van der Waals surface area contributed by atoms with Gasteiger partial charge in [-0.1, -0.05) is 48.5 Å². The van der Waals surface area contributed by atoms with Crippen LogP contribution in [0.2, 0.25) is 0 Å².